The number of hydrogen-bond donors (Lipinski definition) is 1. The molecule has 1 aromatic carbocycles. The first-order chi connectivity index (χ1) is 12.6. The molecular weight excluding hydrogens is 342 g/mol. The largest absolute Gasteiger partial charge is 0.481 e. The number of non-ortho nitro benzene ring substituents is 1. The number of hydrogen-bond acceptors (Lipinski definition) is 9. The van der Waals surface area contributed by atoms with Crippen molar-refractivity contribution in [3.8, 4) is 23.5 Å². The van der Waals surface area contributed by atoms with Crippen molar-refractivity contribution in [3.63, 3.8) is 0 Å². The average molecular weight is 361 g/mol. The SMILES string of the molecule is COc1cc(OC)nc(Oc2cc([N+](=O)[O-])ccc2N2CCNCC2)n1. The monoisotopic (exact) mass is 361 g/mol. The van der Waals surface area contributed by atoms with Crippen LogP contribution >= 0.6 is 0 Å². The Balaban J connectivity index is 1.98. The molecule has 138 valence electrons. The molecule has 0 bridgehead atoms. The van der Waals surface area contributed by atoms with Crippen molar-refractivity contribution >= 4 is 11.4 Å². The minimum Gasteiger partial charge on any atom is -0.481 e. The molecule has 1 fully saturated rings. The van der Waals surface area contributed by atoms with E-state index in [1.54, 1.807) is 6.07 Å². The first-order valence-electron chi connectivity index (χ1n) is 7.99. The Hall–Kier alpha value is -3.14. The van der Waals surface area contributed by atoms with Gasteiger partial charge in [-0.3, -0.25) is 10.1 Å². The molecule has 0 radical (unpaired) electrons. The number of piperazine rings is 1. The van der Waals surface area contributed by atoms with Gasteiger partial charge in [-0.05, 0) is 6.07 Å². The van der Waals surface area contributed by atoms with E-state index in [-0.39, 0.29) is 23.5 Å². The molecule has 1 aliphatic rings. The molecule has 0 unspecified atom stereocenters. The van der Waals surface area contributed by atoms with Crippen LogP contribution in [0.5, 0.6) is 23.5 Å². The summed E-state index contributed by atoms with van der Waals surface area (Å²) in [4.78, 5) is 21.0. The van der Waals surface area contributed by atoms with Gasteiger partial charge < -0.3 is 24.4 Å². The van der Waals surface area contributed by atoms with Gasteiger partial charge in [0.25, 0.3) is 5.69 Å². The first kappa shape index (κ1) is 17.7. The lowest BCUT2D eigenvalue weighted by Crippen LogP contribution is -2.43. The van der Waals surface area contributed by atoms with E-state index in [0.29, 0.717) is 5.75 Å². The molecule has 0 saturated carbocycles. The van der Waals surface area contributed by atoms with Gasteiger partial charge in [-0.1, -0.05) is 0 Å². The van der Waals surface area contributed by atoms with E-state index < -0.39 is 4.92 Å². The topological polar surface area (TPSA) is 112 Å². The van der Waals surface area contributed by atoms with E-state index in [2.05, 4.69) is 20.2 Å². The summed E-state index contributed by atoms with van der Waals surface area (Å²) in [5.74, 6) is 0.832. The van der Waals surface area contributed by atoms with Crippen LogP contribution in [0.4, 0.5) is 11.4 Å². The molecule has 1 saturated heterocycles. The highest BCUT2D eigenvalue weighted by Gasteiger charge is 2.20. The summed E-state index contributed by atoms with van der Waals surface area (Å²) in [6.07, 6.45) is 0. The van der Waals surface area contributed by atoms with Crippen molar-refractivity contribution in [2.75, 3.05) is 45.3 Å². The van der Waals surface area contributed by atoms with E-state index in [1.165, 1.54) is 32.4 Å². The van der Waals surface area contributed by atoms with Crippen LogP contribution in [0.1, 0.15) is 0 Å². The fourth-order valence-corrected chi connectivity index (χ4v) is 2.60. The summed E-state index contributed by atoms with van der Waals surface area (Å²) in [5.41, 5.74) is 0.663. The van der Waals surface area contributed by atoms with Gasteiger partial charge in [-0.15, -0.1) is 0 Å². The first-order valence-corrected chi connectivity index (χ1v) is 7.99. The van der Waals surface area contributed by atoms with Gasteiger partial charge in [0.15, 0.2) is 5.75 Å². The van der Waals surface area contributed by atoms with Crippen LogP contribution in [0.2, 0.25) is 0 Å². The zero-order valence-corrected chi connectivity index (χ0v) is 14.5. The number of nitrogens with one attached hydrogen (secondary N) is 1. The van der Waals surface area contributed by atoms with Gasteiger partial charge in [0.1, 0.15) is 0 Å². The molecule has 10 nitrogen and oxygen atoms in total. The Morgan fingerprint density at radius 3 is 2.35 bits per heavy atom. The maximum atomic E-state index is 11.1. The van der Waals surface area contributed by atoms with E-state index >= 15 is 0 Å². The van der Waals surface area contributed by atoms with Crippen LogP contribution in [0, 0.1) is 10.1 Å². The molecule has 26 heavy (non-hydrogen) atoms. The third kappa shape index (κ3) is 3.91. The molecule has 10 heteroatoms. The highest BCUT2D eigenvalue weighted by atomic mass is 16.6. The Morgan fingerprint density at radius 1 is 1.12 bits per heavy atom. The van der Waals surface area contributed by atoms with Gasteiger partial charge in [0, 0.05) is 32.2 Å². The third-order valence-corrected chi connectivity index (χ3v) is 3.89. The average Bonchev–Trinajstić information content (AvgIpc) is 2.68. The second-order valence-corrected chi connectivity index (χ2v) is 5.48. The van der Waals surface area contributed by atoms with Crippen molar-refractivity contribution < 1.29 is 19.1 Å². The third-order valence-electron chi connectivity index (χ3n) is 3.89. The molecule has 1 N–H and O–H groups in total. The van der Waals surface area contributed by atoms with Crippen LogP contribution in [0.15, 0.2) is 24.3 Å². The number of rotatable bonds is 6. The minimum absolute atomic E-state index is 0.0157. The molecule has 0 aliphatic carbocycles. The lowest BCUT2D eigenvalue weighted by Gasteiger charge is -2.30. The molecule has 0 atom stereocenters. The smallest absolute Gasteiger partial charge is 0.328 e. The maximum absolute atomic E-state index is 11.1. The second-order valence-electron chi connectivity index (χ2n) is 5.48. The predicted molar refractivity (Wildman–Crippen MR) is 93.4 cm³/mol. The molecule has 0 spiro atoms. The zero-order chi connectivity index (χ0) is 18.5. The van der Waals surface area contributed by atoms with Crippen LogP contribution in [0.25, 0.3) is 0 Å². The number of anilines is 1. The predicted octanol–water partition coefficient (Wildman–Crippen LogP) is 1.60. The van der Waals surface area contributed by atoms with Crippen LogP contribution < -0.4 is 24.4 Å². The summed E-state index contributed by atoms with van der Waals surface area (Å²) in [5, 5.41) is 14.4. The number of nitrogens with zero attached hydrogens (tertiary/aromatic N) is 4. The lowest BCUT2D eigenvalue weighted by atomic mass is 10.2. The molecule has 3 rings (SSSR count). The van der Waals surface area contributed by atoms with Crippen molar-refractivity contribution in [1.82, 2.24) is 15.3 Å². The quantitative estimate of drug-likeness (QED) is 0.605. The molecule has 0 amide bonds. The van der Waals surface area contributed by atoms with Crippen LogP contribution in [-0.4, -0.2) is 55.3 Å². The van der Waals surface area contributed by atoms with Gasteiger partial charge in [0.05, 0.1) is 37.0 Å². The normalized spacial score (nSPS) is 14.0. The number of nitro groups is 1. The Morgan fingerprint density at radius 2 is 1.77 bits per heavy atom. The minimum atomic E-state index is -0.471. The Bertz CT molecular complexity index is 772. The fourth-order valence-electron chi connectivity index (χ4n) is 2.60. The molecule has 2 heterocycles. The number of ether oxygens (including phenoxy) is 3. The summed E-state index contributed by atoms with van der Waals surface area (Å²) in [7, 11) is 2.93. The molecule has 1 aromatic heterocycles. The van der Waals surface area contributed by atoms with Crippen molar-refractivity contribution in [3.05, 3.63) is 34.4 Å². The van der Waals surface area contributed by atoms with Gasteiger partial charge >= 0.3 is 6.01 Å². The standard InChI is InChI=1S/C16H19N5O5/c1-24-14-10-15(25-2)19-16(18-14)26-13-9-11(21(22)23)3-4-12(13)20-7-5-17-6-8-20/h3-4,9-10,17H,5-8H2,1-2H3. The Labute approximate surface area is 149 Å². The van der Waals surface area contributed by atoms with Gasteiger partial charge in [-0.2, -0.15) is 9.97 Å². The van der Waals surface area contributed by atoms with E-state index in [0.717, 1.165) is 31.9 Å². The number of aromatic nitrogens is 2. The number of benzene rings is 1. The van der Waals surface area contributed by atoms with Gasteiger partial charge in [0.2, 0.25) is 11.8 Å². The fraction of sp³-hybridized carbons (Fsp3) is 0.375. The van der Waals surface area contributed by atoms with Crippen LogP contribution in [0.3, 0.4) is 0 Å². The second kappa shape index (κ2) is 7.83. The number of methoxy groups -OCH3 is 2. The highest BCUT2D eigenvalue weighted by Crippen LogP contribution is 2.35. The molecular formula is C16H19N5O5. The van der Waals surface area contributed by atoms with Gasteiger partial charge in [-0.25, -0.2) is 0 Å². The zero-order valence-electron chi connectivity index (χ0n) is 14.5. The van der Waals surface area contributed by atoms with Crippen LogP contribution in [-0.2, 0) is 0 Å². The summed E-state index contributed by atoms with van der Waals surface area (Å²) in [6, 6.07) is 6.00. The Kier molecular flexibility index (Phi) is 5.32. The highest BCUT2D eigenvalue weighted by molar-refractivity contribution is 5.63. The molecule has 1 aliphatic heterocycles. The molecule has 2 aromatic rings. The summed E-state index contributed by atoms with van der Waals surface area (Å²) >= 11 is 0. The lowest BCUT2D eigenvalue weighted by molar-refractivity contribution is -0.384. The number of nitro benzene ring substituents is 1. The van der Waals surface area contributed by atoms with Crippen molar-refractivity contribution in [2.24, 2.45) is 0 Å². The van der Waals surface area contributed by atoms with Crippen molar-refractivity contribution in [1.29, 1.82) is 0 Å². The van der Waals surface area contributed by atoms with E-state index in [4.69, 9.17) is 14.2 Å². The van der Waals surface area contributed by atoms with E-state index in [1.807, 2.05) is 0 Å². The summed E-state index contributed by atoms with van der Waals surface area (Å²) in [6.45, 7) is 3.16. The van der Waals surface area contributed by atoms with E-state index in [9.17, 15) is 10.1 Å². The maximum Gasteiger partial charge on any atom is 0.328 e. The van der Waals surface area contributed by atoms with Crippen molar-refractivity contribution in [2.45, 2.75) is 0 Å². The summed E-state index contributed by atoms with van der Waals surface area (Å²) < 4.78 is 16.0.